The van der Waals surface area contributed by atoms with Crippen LogP contribution in [0.1, 0.15) is 32.6 Å². The van der Waals surface area contributed by atoms with Gasteiger partial charge >= 0.3 is 0 Å². The second-order valence-corrected chi connectivity index (χ2v) is 6.42. The largest absolute Gasteiger partial charge is 0.497 e. The Morgan fingerprint density at radius 1 is 1.29 bits per heavy atom. The first kappa shape index (κ1) is 16.5. The molecule has 0 N–H and O–H groups in total. The van der Waals surface area contributed by atoms with E-state index in [0.717, 1.165) is 24.3 Å². The highest BCUT2D eigenvalue weighted by Crippen LogP contribution is 2.37. The number of hydrogen-bond donors (Lipinski definition) is 0. The third-order valence-electron chi connectivity index (χ3n) is 4.74. The lowest BCUT2D eigenvalue weighted by atomic mass is 10.1. The smallest absolute Gasteiger partial charge is 0.274 e. The molecule has 1 atom stereocenters. The van der Waals surface area contributed by atoms with Crippen LogP contribution >= 0.6 is 0 Å². The number of hydrazone groups is 1. The molecular weight excluding hydrogens is 306 g/mol. The van der Waals surface area contributed by atoms with Crippen LogP contribution in [0.4, 0.5) is 5.69 Å². The highest BCUT2D eigenvalue weighted by molar-refractivity contribution is 6.44. The molecule has 1 saturated carbocycles. The quantitative estimate of drug-likeness (QED) is 0.833. The van der Waals surface area contributed by atoms with Gasteiger partial charge in [0.25, 0.3) is 5.91 Å². The predicted octanol–water partition coefficient (Wildman–Crippen LogP) is 2.43. The number of anilines is 1. The van der Waals surface area contributed by atoms with Crippen LogP contribution in [0.25, 0.3) is 0 Å². The molecule has 2 amide bonds. The average Bonchev–Trinajstić information content (AvgIpc) is 3.43. The van der Waals surface area contributed by atoms with E-state index in [1.165, 1.54) is 5.01 Å². The van der Waals surface area contributed by atoms with Gasteiger partial charge in [0.15, 0.2) is 0 Å². The van der Waals surface area contributed by atoms with Crippen LogP contribution in [-0.2, 0) is 9.59 Å². The van der Waals surface area contributed by atoms with Gasteiger partial charge in [0, 0.05) is 31.6 Å². The first-order chi connectivity index (χ1) is 11.5. The number of amides is 2. The van der Waals surface area contributed by atoms with Crippen LogP contribution in [0.5, 0.6) is 5.75 Å². The lowest BCUT2D eigenvalue weighted by Crippen LogP contribution is -2.46. The van der Waals surface area contributed by atoms with E-state index in [2.05, 4.69) is 12.0 Å². The summed E-state index contributed by atoms with van der Waals surface area (Å²) in [7, 11) is 3.21. The molecule has 0 bridgehead atoms. The Kier molecular flexibility index (Phi) is 4.55. The van der Waals surface area contributed by atoms with Gasteiger partial charge in [-0.25, -0.2) is 5.01 Å². The molecule has 24 heavy (non-hydrogen) atoms. The van der Waals surface area contributed by atoms with Crippen molar-refractivity contribution in [3.8, 4) is 5.75 Å². The third kappa shape index (κ3) is 3.27. The van der Waals surface area contributed by atoms with Gasteiger partial charge in [-0.05, 0) is 49.9 Å². The summed E-state index contributed by atoms with van der Waals surface area (Å²) in [6.45, 7) is 2.08. The minimum Gasteiger partial charge on any atom is -0.497 e. The molecule has 1 aliphatic carbocycles. The molecule has 128 valence electrons. The van der Waals surface area contributed by atoms with Crippen LogP contribution in [-0.4, -0.2) is 42.7 Å². The summed E-state index contributed by atoms with van der Waals surface area (Å²) in [5, 5.41) is 5.46. The summed E-state index contributed by atoms with van der Waals surface area (Å²) in [5.74, 6) is 1.11. The maximum atomic E-state index is 13.1. The Hall–Kier alpha value is -2.37. The molecule has 2 aliphatic rings. The molecule has 6 nitrogen and oxygen atoms in total. The van der Waals surface area contributed by atoms with Crippen molar-refractivity contribution in [3.63, 3.8) is 0 Å². The summed E-state index contributed by atoms with van der Waals surface area (Å²) < 4.78 is 5.20. The van der Waals surface area contributed by atoms with E-state index >= 15 is 0 Å². The fraction of sp³-hybridized carbons (Fsp3) is 0.500. The van der Waals surface area contributed by atoms with Gasteiger partial charge < -0.3 is 9.64 Å². The van der Waals surface area contributed by atoms with E-state index in [9.17, 15) is 9.59 Å². The molecule has 1 fully saturated rings. The van der Waals surface area contributed by atoms with Crippen LogP contribution in [0.3, 0.4) is 0 Å². The predicted molar refractivity (Wildman–Crippen MR) is 92.1 cm³/mol. The summed E-state index contributed by atoms with van der Waals surface area (Å²) >= 11 is 0. The SMILES string of the molecule is COc1ccc(N(C(=O)C2=NN(C)C(=O)CC2)[C@H](C)C2CC2)cc1. The number of methoxy groups -OCH3 is 1. The minimum absolute atomic E-state index is 0.0576. The number of carbonyl (C=O) groups excluding carboxylic acids is 2. The van der Waals surface area contributed by atoms with Gasteiger partial charge in [-0.2, -0.15) is 5.10 Å². The van der Waals surface area contributed by atoms with E-state index in [1.807, 2.05) is 29.2 Å². The van der Waals surface area contributed by atoms with E-state index in [4.69, 9.17) is 4.74 Å². The lowest BCUT2D eigenvalue weighted by Gasteiger charge is -2.31. The standard InChI is InChI=1S/C18H23N3O3/c1-12(13-4-5-13)21(14-6-8-15(24-3)9-7-14)18(23)16-10-11-17(22)20(2)19-16/h6-9,12-13H,4-5,10-11H2,1-3H3/t12-/m1/s1. The molecule has 0 unspecified atom stereocenters. The first-order valence-corrected chi connectivity index (χ1v) is 8.33. The molecule has 1 aromatic rings. The number of benzene rings is 1. The number of nitrogens with zero attached hydrogens (tertiary/aromatic N) is 3. The van der Waals surface area contributed by atoms with Crippen molar-refractivity contribution in [2.45, 2.75) is 38.6 Å². The Labute approximate surface area is 142 Å². The molecule has 0 aromatic heterocycles. The van der Waals surface area contributed by atoms with Crippen LogP contribution < -0.4 is 9.64 Å². The summed E-state index contributed by atoms with van der Waals surface area (Å²) in [6.07, 6.45) is 3.01. The number of rotatable bonds is 5. The first-order valence-electron chi connectivity index (χ1n) is 8.33. The molecule has 1 heterocycles. The fourth-order valence-electron chi connectivity index (χ4n) is 3.03. The van der Waals surface area contributed by atoms with Crippen LogP contribution in [0.15, 0.2) is 29.4 Å². The molecule has 3 rings (SSSR count). The maximum absolute atomic E-state index is 13.1. The molecule has 6 heteroatoms. The van der Waals surface area contributed by atoms with Gasteiger partial charge in [0.2, 0.25) is 5.91 Å². The van der Waals surface area contributed by atoms with Crippen molar-refractivity contribution < 1.29 is 14.3 Å². The van der Waals surface area contributed by atoms with E-state index in [1.54, 1.807) is 14.2 Å². The van der Waals surface area contributed by atoms with Crippen LogP contribution in [0.2, 0.25) is 0 Å². The highest BCUT2D eigenvalue weighted by atomic mass is 16.5. The molecule has 0 saturated heterocycles. The Bertz CT molecular complexity index is 665. The van der Waals surface area contributed by atoms with Gasteiger partial charge in [-0.15, -0.1) is 0 Å². The average molecular weight is 329 g/mol. The van der Waals surface area contributed by atoms with Crippen molar-refractivity contribution >= 4 is 23.2 Å². The summed E-state index contributed by atoms with van der Waals surface area (Å²) in [5.41, 5.74) is 1.28. The molecule has 0 radical (unpaired) electrons. The van der Waals surface area contributed by atoms with Crippen LogP contribution in [0, 0.1) is 5.92 Å². The normalized spacial score (nSPS) is 18.9. The van der Waals surface area contributed by atoms with E-state index < -0.39 is 0 Å². The minimum atomic E-state index is -0.112. The molecular formula is C18H23N3O3. The zero-order chi connectivity index (χ0) is 17.3. The summed E-state index contributed by atoms with van der Waals surface area (Å²) in [4.78, 5) is 26.5. The van der Waals surface area contributed by atoms with Gasteiger partial charge in [0.1, 0.15) is 11.5 Å². The highest BCUT2D eigenvalue weighted by Gasteiger charge is 2.37. The zero-order valence-electron chi connectivity index (χ0n) is 14.4. The Morgan fingerprint density at radius 3 is 2.50 bits per heavy atom. The van der Waals surface area contributed by atoms with Crippen molar-refractivity contribution in [2.24, 2.45) is 11.0 Å². The van der Waals surface area contributed by atoms with Crippen molar-refractivity contribution in [1.29, 1.82) is 0 Å². The van der Waals surface area contributed by atoms with E-state index in [-0.39, 0.29) is 17.9 Å². The van der Waals surface area contributed by atoms with Gasteiger partial charge in [0.05, 0.1) is 7.11 Å². The molecule has 1 aromatic carbocycles. The topological polar surface area (TPSA) is 62.2 Å². The van der Waals surface area contributed by atoms with E-state index in [0.29, 0.717) is 24.5 Å². The van der Waals surface area contributed by atoms with Crippen molar-refractivity contribution in [1.82, 2.24) is 5.01 Å². The van der Waals surface area contributed by atoms with Gasteiger partial charge in [-0.3, -0.25) is 9.59 Å². The monoisotopic (exact) mass is 329 g/mol. The second kappa shape index (κ2) is 6.63. The zero-order valence-corrected chi connectivity index (χ0v) is 14.4. The lowest BCUT2D eigenvalue weighted by molar-refractivity contribution is -0.130. The van der Waals surface area contributed by atoms with Gasteiger partial charge in [-0.1, -0.05) is 0 Å². The number of carbonyl (C=O) groups is 2. The Morgan fingerprint density at radius 2 is 1.96 bits per heavy atom. The Balaban J connectivity index is 1.90. The molecule has 0 spiro atoms. The fourth-order valence-corrected chi connectivity index (χ4v) is 3.03. The number of ether oxygens (including phenoxy) is 1. The third-order valence-corrected chi connectivity index (χ3v) is 4.74. The van der Waals surface area contributed by atoms with Crippen molar-refractivity contribution in [2.75, 3.05) is 19.1 Å². The second-order valence-electron chi connectivity index (χ2n) is 6.42. The van der Waals surface area contributed by atoms with Crippen molar-refractivity contribution in [3.05, 3.63) is 24.3 Å². The maximum Gasteiger partial charge on any atom is 0.274 e. The number of hydrogen-bond acceptors (Lipinski definition) is 4. The summed E-state index contributed by atoms with van der Waals surface area (Å²) in [6, 6.07) is 7.61. The molecule has 1 aliphatic heterocycles.